The maximum Gasteiger partial charge on any atom is 0.179 e. The Morgan fingerprint density at radius 2 is 1.97 bits per heavy atom. The van der Waals surface area contributed by atoms with Gasteiger partial charge in [0.15, 0.2) is 17.1 Å². The van der Waals surface area contributed by atoms with E-state index in [-0.39, 0.29) is 0 Å². The molecule has 4 heterocycles. The van der Waals surface area contributed by atoms with Gasteiger partial charge < -0.3 is 9.30 Å². The van der Waals surface area contributed by atoms with Gasteiger partial charge in [0.1, 0.15) is 18.9 Å². The number of fused-ring (bicyclic) bond motifs is 3. The van der Waals surface area contributed by atoms with Gasteiger partial charge in [0.25, 0.3) is 0 Å². The van der Waals surface area contributed by atoms with Crippen LogP contribution in [0.25, 0.3) is 16.8 Å². The number of rotatable bonds is 9. The predicted molar refractivity (Wildman–Crippen MR) is 137 cm³/mol. The molecule has 0 bridgehead atoms. The van der Waals surface area contributed by atoms with E-state index in [4.69, 9.17) is 19.9 Å². The largest absolute Gasteiger partial charge is 0.361 e. The average molecular weight is 493 g/mol. The number of hydrogen-bond donors (Lipinski definition) is 0. The predicted octanol–water partition coefficient (Wildman–Crippen LogP) is 5.01. The number of nitrogens with zero attached hydrogens (tertiary/aromatic N) is 8. The molecule has 186 valence electrons. The summed E-state index contributed by atoms with van der Waals surface area (Å²) in [6.07, 6.45) is 11.5. The molecule has 0 amide bonds. The lowest BCUT2D eigenvalue weighted by Gasteiger charge is -2.16. The van der Waals surface area contributed by atoms with E-state index >= 15 is 0 Å². The van der Waals surface area contributed by atoms with E-state index in [1.165, 1.54) is 12.8 Å². The van der Waals surface area contributed by atoms with E-state index in [0.29, 0.717) is 30.5 Å². The SMILES string of the molecule is CCC1CC(n2cnc(C3CC3)n2)CC1c1nnc2cnc3c(ccn3COCC[Si](C)(C)C)n12. The van der Waals surface area contributed by atoms with Gasteiger partial charge >= 0.3 is 0 Å². The van der Waals surface area contributed by atoms with Crippen LogP contribution in [0.4, 0.5) is 0 Å². The van der Waals surface area contributed by atoms with Gasteiger partial charge in [-0.05, 0) is 43.7 Å². The molecular formula is C25H36N8OSi. The standard InChI is InChI=1S/C25H36N8OSi/c1-5-17-12-19(32-15-27-23(30-32)18-6-7-18)13-20(17)24-29-28-22-14-26-25-21(33(22)24)8-9-31(25)16-34-10-11-35(2,3)4/h8-9,14-15,17-20H,5-7,10-13,16H2,1-4H3. The fourth-order valence-electron chi connectivity index (χ4n) is 5.48. The zero-order chi connectivity index (χ0) is 24.2. The second-order valence-electron chi connectivity index (χ2n) is 11.6. The first kappa shape index (κ1) is 22.8. The van der Waals surface area contributed by atoms with E-state index in [9.17, 15) is 0 Å². The molecule has 4 aromatic heterocycles. The van der Waals surface area contributed by atoms with Crippen LogP contribution in [0.1, 0.15) is 68.6 Å². The summed E-state index contributed by atoms with van der Waals surface area (Å²) in [6.45, 7) is 10.7. The van der Waals surface area contributed by atoms with Crippen molar-refractivity contribution in [2.75, 3.05) is 6.61 Å². The third-order valence-corrected chi connectivity index (χ3v) is 9.47. The van der Waals surface area contributed by atoms with Gasteiger partial charge in [-0.1, -0.05) is 33.0 Å². The molecule has 0 saturated heterocycles. The van der Waals surface area contributed by atoms with Crippen molar-refractivity contribution in [1.82, 2.24) is 38.9 Å². The maximum absolute atomic E-state index is 6.01. The van der Waals surface area contributed by atoms with E-state index in [2.05, 4.69) is 62.6 Å². The van der Waals surface area contributed by atoms with Crippen LogP contribution >= 0.6 is 0 Å². The van der Waals surface area contributed by atoms with Crippen molar-refractivity contribution >= 4 is 24.9 Å². The molecular weight excluding hydrogens is 456 g/mol. The summed E-state index contributed by atoms with van der Waals surface area (Å²) in [5, 5.41) is 14.1. The smallest absolute Gasteiger partial charge is 0.179 e. The number of aromatic nitrogens is 8. The summed E-state index contributed by atoms with van der Waals surface area (Å²) in [7, 11) is -1.11. The van der Waals surface area contributed by atoms with Gasteiger partial charge in [-0.3, -0.25) is 4.40 Å². The minimum absolute atomic E-state index is 0.329. The second kappa shape index (κ2) is 8.81. The highest BCUT2D eigenvalue weighted by molar-refractivity contribution is 6.76. The van der Waals surface area contributed by atoms with Gasteiger partial charge in [0.05, 0.1) is 17.8 Å². The van der Waals surface area contributed by atoms with Crippen LogP contribution in [0.5, 0.6) is 0 Å². The molecule has 0 aromatic carbocycles. The Morgan fingerprint density at radius 3 is 2.74 bits per heavy atom. The topological polar surface area (TPSA) is 88.0 Å². The Kier molecular flexibility index (Phi) is 5.75. The molecule has 3 atom stereocenters. The van der Waals surface area contributed by atoms with Crippen molar-refractivity contribution in [3.63, 3.8) is 0 Å². The van der Waals surface area contributed by atoms with Crippen LogP contribution in [0, 0.1) is 5.92 Å². The molecule has 3 unspecified atom stereocenters. The molecule has 2 aliphatic carbocycles. The highest BCUT2D eigenvalue weighted by Gasteiger charge is 2.39. The van der Waals surface area contributed by atoms with Crippen molar-refractivity contribution < 1.29 is 4.74 Å². The summed E-state index contributed by atoms with van der Waals surface area (Å²) in [5.41, 5.74) is 2.77. The van der Waals surface area contributed by atoms with Crippen molar-refractivity contribution in [2.24, 2.45) is 5.92 Å². The number of hydrogen-bond acceptors (Lipinski definition) is 6. The molecule has 0 radical (unpaired) electrons. The summed E-state index contributed by atoms with van der Waals surface area (Å²) in [6, 6.07) is 3.64. The van der Waals surface area contributed by atoms with Gasteiger partial charge in [-0.2, -0.15) is 5.10 Å². The average Bonchev–Trinajstić information content (AvgIpc) is 3.22. The van der Waals surface area contributed by atoms with E-state index in [1.807, 2.05) is 12.5 Å². The van der Waals surface area contributed by atoms with Crippen molar-refractivity contribution in [3.05, 3.63) is 36.4 Å². The zero-order valence-electron chi connectivity index (χ0n) is 21.3. The van der Waals surface area contributed by atoms with Gasteiger partial charge in [-0.25, -0.2) is 14.6 Å². The molecule has 2 fully saturated rings. The molecule has 6 rings (SSSR count). The Balaban J connectivity index is 1.27. The van der Waals surface area contributed by atoms with Crippen molar-refractivity contribution in [3.8, 4) is 0 Å². The number of ether oxygens (including phenoxy) is 1. The Morgan fingerprint density at radius 1 is 1.11 bits per heavy atom. The van der Waals surface area contributed by atoms with Crippen molar-refractivity contribution in [2.45, 2.75) is 89.3 Å². The van der Waals surface area contributed by atoms with Crippen LogP contribution in [0.2, 0.25) is 25.7 Å². The molecule has 2 aliphatic rings. The first-order valence-corrected chi connectivity index (χ1v) is 16.8. The lowest BCUT2D eigenvalue weighted by Crippen LogP contribution is -2.22. The van der Waals surface area contributed by atoms with E-state index < -0.39 is 8.07 Å². The summed E-state index contributed by atoms with van der Waals surface area (Å²) in [5.74, 6) is 3.52. The molecule has 0 N–H and O–H groups in total. The molecule has 10 heteroatoms. The highest BCUT2D eigenvalue weighted by Crippen LogP contribution is 2.47. The van der Waals surface area contributed by atoms with E-state index in [1.54, 1.807) is 0 Å². The van der Waals surface area contributed by atoms with Gasteiger partial charge in [0.2, 0.25) is 0 Å². The molecule has 0 spiro atoms. The Hall–Kier alpha value is -2.59. The minimum atomic E-state index is -1.11. The molecule has 0 aliphatic heterocycles. The fourth-order valence-corrected chi connectivity index (χ4v) is 6.24. The quantitative estimate of drug-likeness (QED) is 0.241. The summed E-state index contributed by atoms with van der Waals surface area (Å²) < 4.78 is 12.4. The van der Waals surface area contributed by atoms with Crippen LogP contribution in [-0.2, 0) is 11.5 Å². The lowest BCUT2D eigenvalue weighted by atomic mass is 9.93. The normalized spacial score (nSPS) is 23.1. The molecule has 35 heavy (non-hydrogen) atoms. The Bertz CT molecular complexity index is 1330. The van der Waals surface area contributed by atoms with Gasteiger partial charge in [-0.15, -0.1) is 10.2 Å². The van der Waals surface area contributed by atoms with Crippen LogP contribution in [-0.4, -0.2) is 53.6 Å². The third-order valence-electron chi connectivity index (χ3n) is 7.77. The summed E-state index contributed by atoms with van der Waals surface area (Å²) >= 11 is 0. The van der Waals surface area contributed by atoms with Crippen LogP contribution < -0.4 is 0 Å². The second-order valence-corrected chi connectivity index (χ2v) is 17.2. The summed E-state index contributed by atoms with van der Waals surface area (Å²) in [4.78, 5) is 9.31. The molecule has 4 aromatic rings. The van der Waals surface area contributed by atoms with Gasteiger partial charge in [0, 0.05) is 32.7 Å². The third kappa shape index (κ3) is 4.42. The van der Waals surface area contributed by atoms with Crippen LogP contribution in [0.15, 0.2) is 24.8 Å². The maximum atomic E-state index is 6.01. The first-order valence-electron chi connectivity index (χ1n) is 13.1. The van der Waals surface area contributed by atoms with Crippen molar-refractivity contribution in [1.29, 1.82) is 0 Å². The zero-order valence-corrected chi connectivity index (χ0v) is 22.3. The fraction of sp³-hybridized carbons (Fsp3) is 0.640. The van der Waals surface area contributed by atoms with Crippen LogP contribution in [0.3, 0.4) is 0 Å². The Labute approximate surface area is 206 Å². The highest BCUT2D eigenvalue weighted by atomic mass is 28.3. The molecule has 9 nitrogen and oxygen atoms in total. The van der Waals surface area contributed by atoms with E-state index in [0.717, 1.165) is 60.4 Å². The molecule has 2 saturated carbocycles. The lowest BCUT2D eigenvalue weighted by molar-refractivity contribution is 0.0899. The monoisotopic (exact) mass is 492 g/mol. The minimum Gasteiger partial charge on any atom is -0.361 e. The first-order chi connectivity index (χ1) is 16.9.